The number of nitrogens with one attached hydrogen (secondary N) is 1. The van der Waals surface area contributed by atoms with Gasteiger partial charge in [0.2, 0.25) is 11.8 Å². The zero-order valence-electron chi connectivity index (χ0n) is 16.3. The lowest BCUT2D eigenvalue weighted by molar-refractivity contribution is -0.121. The van der Waals surface area contributed by atoms with Gasteiger partial charge in [0.15, 0.2) is 5.82 Å². The number of halogens is 1. The molecule has 3 aromatic rings. The minimum absolute atomic E-state index is 0.0840. The van der Waals surface area contributed by atoms with Crippen LogP contribution in [0.4, 0.5) is 0 Å². The Bertz CT molecular complexity index is 915. The topological polar surface area (TPSA) is 68.0 Å². The number of benzene rings is 2. The van der Waals surface area contributed by atoms with Crippen LogP contribution < -0.4 is 5.32 Å². The van der Waals surface area contributed by atoms with Crippen molar-refractivity contribution in [1.29, 1.82) is 0 Å². The molecule has 146 valence electrons. The Kier molecular flexibility index (Phi) is 6.15. The van der Waals surface area contributed by atoms with Crippen molar-refractivity contribution in [3.8, 4) is 0 Å². The molecule has 0 spiro atoms. The van der Waals surface area contributed by atoms with Gasteiger partial charge in [-0.15, -0.1) is 0 Å². The number of hydrogen-bond donors (Lipinski definition) is 1. The summed E-state index contributed by atoms with van der Waals surface area (Å²) in [6.45, 7) is 6.06. The molecule has 0 radical (unpaired) electrons. The molecule has 6 heteroatoms. The lowest BCUT2D eigenvalue weighted by Crippen LogP contribution is -2.29. The van der Waals surface area contributed by atoms with Crippen molar-refractivity contribution < 1.29 is 9.32 Å². The largest absolute Gasteiger partial charge is 0.345 e. The first kappa shape index (κ1) is 20.1. The van der Waals surface area contributed by atoms with E-state index in [1.165, 1.54) is 0 Å². The number of aryl methyl sites for hydroxylation is 1. The molecule has 28 heavy (non-hydrogen) atoms. The number of rotatable bonds is 6. The highest BCUT2D eigenvalue weighted by molar-refractivity contribution is 6.30. The number of carbonyl (C=O) groups excluding carboxylic acids is 1. The first-order chi connectivity index (χ1) is 13.3. The van der Waals surface area contributed by atoms with Crippen molar-refractivity contribution in [1.82, 2.24) is 15.5 Å². The van der Waals surface area contributed by atoms with Crippen molar-refractivity contribution >= 4 is 17.5 Å². The van der Waals surface area contributed by atoms with Crippen LogP contribution in [0.1, 0.15) is 56.1 Å². The predicted octanol–water partition coefficient (Wildman–Crippen LogP) is 4.86. The molecule has 0 fully saturated rings. The van der Waals surface area contributed by atoms with E-state index in [2.05, 4.69) is 15.5 Å². The van der Waals surface area contributed by atoms with Crippen LogP contribution in [0.15, 0.2) is 59.1 Å². The molecule has 0 bridgehead atoms. The number of aromatic nitrogens is 2. The van der Waals surface area contributed by atoms with Gasteiger partial charge in [-0.25, -0.2) is 0 Å². The van der Waals surface area contributed by atoms with Gasteiger partial charge in [-0.3, -0.25) is 4.79 Å². The second kappa shape index (κ2) is 8.57. The minimum atomic E-state index is -0.251. The number of carbonyl (C=O) groups is 1. The number of amides is 1. The van der Waals surface area contributed by atoms with Crippen LogP contribution in [0.25, 0.3) is 0 Å². The molecule has 0 aliphatic heterocycles. The van der Waals surface area contributed by atoms with E-state index >= 15 is 0 Å². The molecule has 1 unspecified atom stereocenters. The molecule has 1 atom stereocenters. The van der Waals surface area contributed by atoms with E-state index in [9.17, 15) is 4.79 Å². The molecular weight excluding hydrogens is 374 g/mol. The third-order valence-electron chi connectivity index (χ3n) is 4.35. The van der Waals surface area contributed by atoms with Gasteiger partial charge in [0.05, 0.1) is 6.04 Å². The molecule has 1 heterocycles. The summed E-state index contributed by atoms with van der Waals surface area (Å²) in [6, 6.07) is 17.1. The highest BCUT2D eigenvalue weighted by atomic mass is 35.5. The molecule has 1 aromatic heterocycles. The zero-order valence-corrected chi connectivity index (χ0v) is 17.0. The second-order valence-electron chi connectivity index (χ2n) is 7.72. The van der Waals surface area contributed by atoms with E-state index in [1.54, 1.807) is 0 Å². The molecular formula is C22H24ClN3O2. The van der Waals surface area contributed by atoms with Crippen LogP contribution in [-0.4, -0.2) is 16.0 Å². The van der Waals surface area contributed by atoms with Crippen molar-refractivity contribution in [2.75, 3.05) is 0 Å². The normalized spacial score (nSPS) is 12.6. The van der Waals surface area contributed by atoms with Crippen LogP contribution in [0.3, 0.4) is 0 Å². The maximum Gasteiger partial charge on any atom is 0.227 e. The van der Waals surface area contributed by atoms with Gasteiger partial charge in [-0.2, -0.15) is 4.98 Å². The number of hydrogen-bond acceptors (Lipinski definition) is 4. The molecule has 5 nitrogen and oxygen atoms in total. The Hall–Kier alpha value is -2.66. The highest BCUT2D eigenvalue weighted by Gasteiger charge is 2.22. The van der Waals surface area contributed by atoms with Crippen LogP contribution in [0.5, 0.6) is 0 Å². The summed E-state index contributed by atoms with van der Waals surface area (Å²) in [4.78, 5) is 17.0. The van der Waals surface area contributed by atoms with Gasteiger partial charge in [0.25, 0.3) is 0 Å². The quantitative estimate of drug-likeness (QED) is 0.645. The Balaban J connectivity index is 1.69. The minimum Gasteiger partial charge on any atom is -0.345 e. The van der Waals surface area contributed by atoms with E-state index in [-0.39, 0.29) is 23.8 Å². The summed E-state index contributed by atoms with van der Waals surface area (Å²) in [6.07, 6.45) is 0.666. The predicted molar refractivity (Wildman–Crippen MR) is 109 cm³/mol. The standard InChI is InChI=1S/C22H24ClN3O2/c1-22(2,3)21-25-19(28-26-21)14-13-18(27)24-20(15-7-5-4-6-8-15)16-9-11-17(23)12-10-16/h4-12,20H,13-14H2,1-3H3,(H,24,27). The summed E-state index contributed by atoms with van der Waals surface area (Å²) in [5.74, 6) is 1.04. The molecule has 1 N–H and O–H groups in total. The Labute approximate surface area is 170 Å². The molecule has 3 rings (SSSR count). The van der Waals surface area contributed by atoms with Crippen LogP contribution in [0.2, 0.25) is 5.02 Å². The maximum atomic E-state index is 12.6. The molecule has 2 aromatic carbocycles. The number of nitrogens with zero attached hydrogens (tertiary/aromatic N) is 2. The first-order valence-corrected chi connectivity index (χ1v) is 9.63. The Morgan fingerprint density at radius 1 is 1.07 bits per heavy atom. The maximum absolute atomic E-state index is 12.6. The molecule has 0 aliphatic carbocycles. The van der Waals surface area contributed by atoms with Crippen molar-refractivity contribution in [3.63, 3.8) is 0 Å². The molecule has 0 saturated heterocycles. The van der Waals surface area contributed by atoms with Crippen molar-refractivity contribution in [3.05, 3.63) is 82.5 Å². The fourth-order valence-electron chi connectivity index (χ4n) is 2.77. The molecule has 0 aliphatic rings. The summed E-state index contributed by atoms with van der Waals surface area (Å²) < 4.78 is 5.27. The van der Waals surface area contributed by atoms with Crippen molar-refractivity contribution in [2.24, 2.45) is 0 Å². The SMILES string of the molecule is CC(C)(C)c1noc(CCC(=O)NC(c2ccccc2)c2ccc(Cl)cc2)n1. The average molecular weight is 398 g/mol. The van der Waals surface area contributed by atoms with Crippen LogP contribution in [-0.2, 0) is 16.6 Å². The van der Waals surface area contributed by atoms with Gasteiger partial charge in [-0.1, -0.05) is 80.0 Å². The summed E-state index contributed by atoms with van der Waals surface area (Å²) in [7, 11) is 0. The van der Waals surface area contributed by atoms with E-state index in [0.717, 1.165) is 11.1 Å². The summed E-state index contributed by atoms with van der Waals surface area (Å²) in [5, 5.41) is 7.76. The Morgan fingerprint density at radius 3 is 2.32 bits per heavy atom. The summed E-state index contributed by atoms with van der Waals surface area (Å²) >= 11 is 6.01. The van der Waals surface area contributed by atoms with Gasteiger partial charge in [-0.05, 0) is 23.3 Å². The van der Waals surface area contributed by atoms with Gasteiger partial charge in [0.1, 0.15) is 0 Å². The van der Waals surface area contributed by atoms with Gasteiger partial charge < -0.3 is 9.84 Å². The lowest BCUT2D eigenvalue weighted by Gasteiger charge is -2.20. The zero-order chi connectivity index (χ0) is 20.1. The van der Waals surface area contributed by atoms with Crippen molar-refractivity contribution in [2.45, 2.75) is 45.1 Å². The second-order valence-corrected chi connectivity index (χ2v) is 8.16. The monoisotopic (exact) mass is 397 g/mol. The van der Waals surface area contributed by atoms with E-state index in [1.807, 2.05) is 75.4 Å². The highest BCUT2D eigenvalue weighted by Crippen LogP contribution is 2.24. The average Bonchev–Trinajstić information content (AvgIpc) is 3.16. The third-order valence-corrected chi connectivity index (χ3v) is 4.60. The lowest BCUT2D eigenvalue weighted by atomic mass is 9.96. The van der Waals surface area contributed by atoms with E-state index in [4.69, 9.17) is 16.1 Å². The molecule has 1 amide bonds. The third kappa shape index (κ3) is 5.20. The fourth-order valence-corrected chi connectivity index (χ4v) is 2.90. The van der Waals surface area contributed by atoms with E-state index < -0.39 is 0 Å². The van der Waals surface area contributed by atoms with Gasteiger partial charge >= 0.3 is 0 Å². The Morgan fingerprint density at radius 2 is 1.71 bits per heavy atom. The summed E-state index contributed by atoms with van der Waals surface area (Å²) in [5.41, 5.74) is 1.79. The van der Waals surface area contributed by atoms with Gasteiger partial charge in [0, 0.05) is 23.3 Å². The molecule has 0 saturated carbocycles. The van der Waals surface area contributed by atoms with Crippen LogP contribution >= 0.6 is 11.6 Å². The van der Waals surface area contributed by atoms with Crippen LogP contribution in [0, 0.1) is 0 Å². The smallest absolute Gasteiger partial charge is 0.227 e. The fraction of sp³-hybridized carbons (Fsp3) is 0.318. The first-order valence-electron chi connectivity index (χ1n) is 9.26. The van der Waals surface area contributed by atoms with E-state index in [0.29, 0.717) is 23.2 Å².